The molecular formula is C15H21ClO. The molecular weight excluding hydrogens is 232 g/mol. The lowest BCUT2D eigenvalue weighted by molar-refractivity contribution is 0.0980. The number of benzene rings is 1. The van der Waals surface area contributed by atoms with E-state index in [4.69, 9.17) is 11.6 Å². The second kappa shape index (κ2) is 6.20. The summed E-state index contributed by atoms with van der Waals surface area (Å²) in [5.74, 6) is 0.858. The molecule has 0 fully saturated rings. The Morgan fingerprint density at radius 1 is 1.24 bits per heavy atom. The lowest BCUT2D eigenvalue weighted by Gasteiger charge is -2.19. The first-order valence-corrected chi connectivity index (χ1v) is 6.68. The van der Waals surface area contributed by atoms with Gasteiger partial charge in [0.1, 0.15) is 0 Å². The van der Waals surface area contributed by atoms with Crippen LogP contribution in [0.2, 0.25) is 0 Å². The maximum atomic E-state index is 12.0. The van der Waals surface area contributed by atoms with Gasteiger partial charge in [-0.1, -0.05) is 39.0 Å². The number of hydrogen-bond donors (Lipinski definition) is 0. The van der Waals surface area contributed by atoms with Crippen molar-refractivity contribution in [2.75, 3.05) is 5.88 Å². The lowest BCUT2D eigenvalue weighted by atomic mass is 9.85. The molecule has 0 aromatic heterocycles. The van der Waals surface area contributed by atoms with E-state index in [-0.39, 0.29) is 11.2 Å². The average molecular weight is 253 g/mol. The highest BCUT2D eigenvalue weighted by atomic mass is 35.5. The number of carbonyl (C=O) groups is 1. The topological polar surface area (TPSA) is 17.1 Å². The minimum atomic E-state index is 0.0897. The number of carbonyl (C=O) groups excluding carboxylic acids is 1. The molecule has 2 heteroatoms. The van der Waals surface area contributed by atoms with Gasteiger partial charge in [0.2, 0.25) is 0 Å². The quantitative estimate of drug-likeness (QED) is 0.426. The van der Waals surface area contributed by atoms with E-state index in [0.717, 1.165) is 18.4 Å². The molecule has 0 amide bonds. The van der Waals surface area contributed by atoms with Crippen molar-refractivity contribution in [2.24, 2.45) is 0 Å². The Morgan fingerprint density at radius 2 is 1.94 bits per heavy atom. The highest BCUT2D eigenvalue weighted by Crippen LogP contribution is 2.23. The molecule has 0 aliphatic carbocycles. The van der Waals surface area contributed by atoms with Crippen LogP contribution in [0.4, 0.5) is 0 Å². The molecule has 1 rings (SSSR count). The summed E-state index contributed by atoms with van der Waals surface area (Å²) >= 11 is 5.60. The average Bonchev–Trinajstić information content (AvgIpc) is 2.28. The maximum absolute atomic E-state index is 12.0. The summed E-state index contributed by atoms with van der Waals surface area (Å²) in [7, 11) is 0. The van der Waals surface area contributed by atoms with Crippen molar-refractivity contribution in [3.8, 4) is 0 Å². The molecule has 94 valence electrons. The Balaban J connectivity index is 2.74. The summed E-state index contributed by atoms with van der Waals surface area (Å²) in [6.45, 7) is 6.47. The summed E-state index contributed by atoms with van der Waals surface area (Å²) in [5, 5.41) is 0. The van der Waals surface area contributed by atoms with E-state index in [1.165, 1.54) is 5.56 Å². The monoisotopic (exact) mass is 252 g/mol. The molecule has 17 heavy (non-hydrogen) atoms. The molecule has 0 radical (unpaired) electrons. The van der Waals surface area contributed by atoms with Gasteiger partial charge >= 0.3 is 0 Å². The van der Waals surface area contributed by atoms with Crippen LogP contribution in [0, 0.1) is 0 Å². The van der Waals surface area contributed by atoms with Crippen molar-refractivity contribution in [2.45, 2.75) is 45.4 Å². The van der Waals surface area contributed by atoms with Crippen molar-refractivity contribution in [3.63, 3.8) is 0 Å². The van der Waals surface area contributed by atoms with Crippen LogP contribution in [0.1, 0.15) is 56.0 Å². The number of halogens is 1. The number of rotatable bonds is 5. The zero-order valence-electron chi connectivity index (χ0n) is 10.9. The van der Waals surface area contributed by atoms with E-state index in [2.05, 4.69) is 26.8 Å². The SMILES string of the molecule is CC(C)(C)c1cccc(C(=O)CCCCCl)c1. The molecule has 0 unspecified atom stereocenters. The van der Waals surface area contributed by atoms with E-state index in [9.17, 15) is 4.79 Å². The van der Waals surface area contributed by atoms with Crippen molar-refractivity contribution in [3.05, 3.63) is 35.4 Å². The van der Waals surface area contributed by atoms with Crippen LogP contribution < -0.4 is 0 Å². The van der Waals surface area contributed by atoms with Crippen LogP contribution in [0.3, 0.4) is 0 Å². The normalized spacial score (nSPS) is 11.5. The van der Waals surface area contributed by atoms with Gasteiger partial charge in [0.25, 0.3) is 0 Å². The van der Waals surface area contributed by atoms with Crippen molar-refractivity contribution in [1.82, 2.24) is 0 Å². The third-order valence-electron chi connectivity index (χ3n) is 2.84. The van der Waals surface area contributed by atoms with E-state index < -0.39 is 0 Å². The molecule has 1 nitrogen and oxygen atoms in total. The number of ketones is 1. The van der Waals surface area contributed by atoms with Gasteiger partial charge in [0.05, 0.1) is 0 Å². The van der Waals surface area contributed by atoms with Gasteiger partial charge in [-0.15, -0.1) is 11.6 Å². The maximum Gasteiger partial charge on any atom is 0.162 e. The highest BCUT2D eigenvalue weighted by molar-refractivity contribution is 6.17. The second-order valence-electron chi connectivity index (χ2n) is 5.40. The van der Waals surface area contributed by atoms with Gasteiger partial charge < -0.3 is 0 Å². The number of Topliss-reactive ketones (excluding diaryl/α,β-unsaturated/α-hetero) is 1. The van der Waals surface area contributed by atoms with E-state index >= 15 is 0 Å². The summed E-state index contributed by atoms with van der Waals surface area (Å²) in [5.41, 5.74) is 2.12. The lowest BCUT2D eigenvalue weighted by Crippen LogP contribution is -2.12. The summed E-state index contributed by atoms with van der Waals surface area (Å²) < 4.78 is 0. The molecule has 0 heterocycles. The first-order valence-electron chi connectivity index (χ1n) is 6.15. The number of alkyl halides is 1. The minimum Gasteiger partial charge on any atom is -0.294 e. The summed E-state index contributed by atoms with van der Waals surface area (Å²) in [6, 6.07) is 7.96. The Labute approximate surface area is 109 Å². The van der Waals surface area contributed by atoms with Crippen molar-refractivity contribution < 1.29 is 4.79 Å². The Hall–Kier alpha value is -0.820. The van der Waals surface area contributed by atoms with Crippen LogP contribution in [0.5, 0.6) is 0 Å². The molecule has 0 saturated carbocycles. The molecule has 1 aromatic rings. The predicted molar refractivity (Wildman–Crippen MR) is 74.0 cm³/mol. The third-order valence-corrected chi connectivity index (χ3v) is 3.11. The minimum absolute atomic E-state index is 0.0897. The van der Waals surface area contributed by atoms with E-state index in [1.807, 2.05) is 18.2 Å². The first kappa shape index (κ1) is 14.2. The van der Waals surface area contributed by atoms with Crippen LogP contribution in [-0.2, 0) is 5.41 Å². The molecule has 1 aromatic carbocycles. The second-order valence-corrected chi connectivity index (χ2v) is 5.78. The van der Waals surface area contributed by atoms with Crippen molar-refractivity contribution >= 4 is 17.4 Å². The van der Waals surface area contributed by atoms with Gasteiger partial charge in [-0.05, 0) is 29.9 Å². The fraction of sp³-hybridized carbons (Fsp3) is 0.533. The molecule has 0 aliphatic rings. The van der Waals surface area contributed by atoms with Gasteiger partial charge in [-0.25, -0.2) is 0 Å². The largest absolute Gasteiger partial charge is 0.294 e. The summed E-state index contributed by atoms with van der Waals surface area (Å²) in [4.78, 5) is 12.0. The zero-order valence-corrected chi connectivity index (χ0v) is 11.7. The molecule has 0 aliphatic heterocycles. The van der Waals surface area contributed by atoms with Crippen LogP contribution in [-0.4, -0.2) is 11.7 Å². The van der Waals surface area contributed by atoms with Crippen LogP contribution in [0.15, 0.2) is 24.3 Å². The molecule has 0 N–H and O–H groups in total. The first-order chi connectivity index (χ1) is 7.95. The van der Waals surface area contributed by atoms with Crippen molar-refractivity contribution in [1.29, 1.82) is 0 Å². The van der Waals surface area contributed by atoms with Gasteiger partial charge in [-0.2, -0.15) is 0 Å². The van der Waals surface area contributed by atoms with E-state index in [1.54, 1.807) is 0 Å². The molecule has 0 spiro atoms. The number of unbranched alkanes of at least 4 members (excludes halogenated alkanes) is 1. The Bertz CT molecular complexity index is 377. The molecule has 0 atom stereocenters. The molecule has 0 bridgehead atoms. The van der Waals surface area contributed by atoms with Gasteiger partial charge in [0, 0.05) is 17.9 Å². The standard InChI is InChI=1S/C15H21ClO/c1-15(2,3)13-8-6-7-12(11-13)14(17)9-4-5-10-16/h6-8,11H,4-5,9-10H2,1-3H3. The summed E-state index contributed by atoms with van der Waals surface area (Å²) in [6.07, 6.45) is 2.38. The Kier molecular flexibility index (Phi) is 5.20. The van der Waals surface area contributed by atoms with Crippen LogP contribution in [0.25, 0.3) is 0 Å². The number of hydrogen-bond acceptors (Lipinski definition) is 1. The third kappa shape index (κ3) is 4.51. The van der Waals surface area contributed by atoms with E-state index in [0.29, 0.717) is 12.3 Å². The van der Waals surface area contributed by atoms with Gasteiger partial charge in [-0.3, -0.25) is 4.79 Å². The zero-order chi connectivity index (χ0) is 12.9. The van der Waals surface area contributed by atoms with Gasteiger partial charge in [0.15, 0.2) is 5.78 Å². The fourth-order valence-corrected chi connectivity index (χ4v) is 1.87. The fourth-order valence-electron chi connectivity index (χ4n) is 1.68. The smallest absolute Gasteiger partial charge is 0.162 e. The highest BCUT2D eigenvalue weighted by Gasteiger charge is 2.15. The van der Waals surface area contributed by atoms with Crippen LogP contribution >= 0.6 is 11.6 Å². The predicted octanol–water partition coefficient (Wildman–Crippen LogP) is 4.58. The Morgan fingerprint density at radius 3 is 2.53 bits per heavy atom. The molecule has 0 saturated heterocycles.